The molecule has 0 spiro atoms. The van der Waals surface area contributed by atoms with Gasteiger partial charge >= 0.3 is 0 Å². The van der Waals surface area contributed by atoms with E-state index in [9.17, 15) is 4.79 Å². The number of ether oxygens (including phenoxy) is 1. The molecule has 26 heavy (non-hydrogen) atoms. The number of fused-ring (bicyclic) bond motifs is 3. The summed E-state index contributed by atoms with van der Waals surface area (Å²) in [5, 5.41) is 4.64. The third-order valence-electron chi connectivity index (χ3n) is 4.41. The smallest absolute Gasteiger partial charge is 0.287 e. The van der Waals surface area contributed by atoms with Gasteiger partial charge < -0.3 is 14.5 Å². The monoisotopic (exact) mass is 346 g/mol. The molecule has 0 fully saturated rings. The van der Waals surface area contributed by atoms with Gasteiger partial charge in [0.1, 0.15) is 11.3 Å². The Balaban J connectivity index is 1.65. The Morgan fingerprint density at radius 3 is 2.73 bits per heavy atom. The molecular formula is C21H18N2O3. The second-order valence-corrected chi connectivity index (χ2v) is 6.06. The van der Waals surface area contributed by atoms with Crippen molar-refractivity contribution in [3.8, 4) is 5.75 Å². The van der Waals surface area contributed by atoms with Crippen LogP contribution in [0.15, 0.2) is 59.0 Å². The molecule has 4 aromatic rings. The average Bonchev–Trinajstić information content (AvgIpc) is 3.13. The van der Waals surface area contributed by atoms with Crippen LogP contribution in [0.4, 0.5) is 0 Å². The maximum Gasteiger partial charge on any atom is 0.287 e. The summed E-state index contributed by atoms with van der Waals surface area (Å²) in [6, 6.07) is 17.1. The molecule has 0 saturated carbocycles. The van der Waals surface area contributed by atoms with E-state index < -0.39 is 0 Å². The van der Waals surface area contributed by atoms with Crippen LogP contribution in [-0.4, -0.2) is 18.0 Å². The van der Waals surface area contributed by atoms with Crippen molar-refractivity contribution < 1.29 is 13.9 Å². The lowest BCUT2D eigenvalue weighted by Gasteiger charge is -2.08. The third-order valence-corrected chi connectivity index (χ3v) is 4.41. The van der Waals surface area contributed by atoms with Gasteiger partial charge in [-0.15, -0.1) is 0 Å². The summed E-state index contributed by atoms with van der Waals surface area (Å²) in [6.45, 7) is 2.28. The van der Waals surface area contributed by atoms with Gasteiger partial charge in [-0.1, -0.05) is 30.3 Å². The molecule has 5 heteroatoms. The summed E-state index contributed by atoms with van der Waals surface area (Å²) in [7, 11) is 1.61. The Bertz CT molecular complexity index is 1110. The second kappa shape index (κ2) is 6.52. The van der Waals surface area contributed by atoms with E-state index in [0.29, 0.717) is 12.1 Å². The third kappa shape index (κ3) is 2.77. The summed E-state index contributed by atoms with van der Waals surface area (Å²) in [5.41, 5.74) is 3.29. The predicted molar refractivity (Wildman–Crippen MR) is 100 cm³/mol. The number of carbonyl (C=O) groups excluding carboxylic acids is 1. The molecule has 1 N–H and O–H groups in total. The maximum absolute atomic E-state index is 12.6. The van der Waals surface area contributed by atoms with E-state index in [1.54, 1.807) is 13.2 Å². The van der Waals surface area contributed by atoms with Gasteiger partial charge in [-0.05, 0) is 31.2 Å². The molecule has 1 amide bonds. The number of methoxy groups -OCH3 is 1. The number of nitrogens with zero attached hydrogens (tertiary/aromatic N) is 1. The van der Waals surface area contributed by atoms with Crippen LogP contribution >= 0.6 is 0 Å². The number of amides is 1. The van der Waals surface area contributed by atoms with Crippen molar-refractivity contribution in [1.29, 1.82) is 0 Å². The maximum atomic E-state index is 12.6. The molecule has 130 valence electrons. The van der Waals surface area contributed by atoms with Gasteiger partial charge in [0, 0.05) is 28.6 Å². The van der Waals surface area contributed by atoms with Gasteiger partial charge in [-0.25, -0.2) is 0 Å². The van der Waals surface area contributed by atoms with Gasteiger partial charge in [-0.2, -0.15) is 0 Å². The van der Waals surface area contributed by atoms with Crippen molar-refractivity contribution in [3.63, 3.8) is 0 Å². The molecule has 4 rings (SSSR count). The fraction of sp³-hybridized carbons (Fsp3) is 0.143. The number of pyridine rings is 1. The predicted octanol–water partition coefficient (Wildman–Crippen LogP) is 4.23. The number of carbonyl (C=O) groups is 1. The zero-order chi connectivity index (χ0) is 18.1. The quantitative estimate of drug-likeness (QED) is 0.601. The van der Waals surface area contributed by atoms with Crippen LogP contribution in [0.2, 0.25) is 0 Å². The van der Waals surface area contributed by atoms with E-state index in [4.69, 9.17) is 9.15 Å². The van der Waals surface area contributed by atoms with E-state index in [1.807, 2.05) is 55.5 Å². The summed E-state index contributed by atoms with van der Waals surface area (Å²) in [6.07, 6.45) is 0. The van der Waals surface area contributed by atoms with Crippen molar-refractivity contribution in [1.82, 2.24) is 10.3 Å². The van der Waals surface area contributed by atoms with Gasteiger partial charge in [0.05, 0.1) is 12.6 Å². The highest BCUT2D eigenvalue weighted by atomic mass is 16.5. The number of nitrogens with one attached hydrogen (secondary N) is 1. The van der Waals surface area contributed by atoms with Gasteiger partial charge in [-0.3, -0.25) is 9.78 Å². The summed E-state index contributed by atoms with van der Waals surface area (Å²) in [4.78, 5) is 17.2. The first kappa shape index (κ1) is 16.1. The number of benzene rings is 2. The second-order valence-electron chi connectivity index (χ2n) is 6.06. The van der Waals surface area contributed by atoms with Crippen molar-refractivity contribution in [2.24, 2.45) is 0 Å². The lowest BCUT2D eigenvalue weighted by molar-refractivity contribution is 0.0925. The number of aryl methyl sites for hydroxylation is 1. The molecule has 2 aromatic carbocycles. The Labute approximate surface area is 150 Å². The molecular weight excluding hydrogens is 328 g/mol. The molecule has 0 aliphatic carbocycles. The molecule has 0 atom stereocenters. The lowest BCUT2D eigenvalue weighted by atomic mass is 10.1. The summed E-state index contributed by atoms with van der Waals surface area (Å²) >= 11 is 0. The fourth-order valence-corrected chi connectivity index (χ4v) is 3.09. The molecule has 0 aliphatic heterocycles. The molecule has 0 unspecified atom stereocenters. The highest BCUT2D eigenvalue weighted by molar-refractivity contribution is 6.06. The lowest BCUT2D eigenvalue weighted by Crippen LogP contribution is -2.22. The minimum absolute atomic E-state index is 0.268. The van der Waals surface area contributed by atoms with Crippen LogP contribution in [-0.2, 0) is 6.54 Å². The first-order valence-electron chi connectivity index (χ1n) is 8.36. The Morgan fingerprint density at radius 2 is 1.88 bits per heavy atom. The number of rotatable bonds is 4. The van der Waals surface area contributed by atoms with E-state index in [2.05, 4.69) is 10.3 Å². The van der Waals surface area contributed by atoms with Crippen LogP contribution < -0.4 is 10.1 Å². The minimum Gasteiger partial charge on any atom is -0.496 e. The summed E-state index contributed by atoms with van der Waals surface area (Å²) in [5.74, 6) is 0.746. The SMILES string of the molecule is COc1ccccc1CNC(=O)c1cc2c(C)nc3ccccc3c2o1. The first-order chi connectivity index (χ1) is 12.7. The van der Waals surface area contributed by atoms with Crippen LogP contribution in [0.3, 0.4) is 0 Å². The average molecular weight is 346 g/mol. The fourth-order valence-electron chi connectivity index (χ4n) is 3.09. The van der Waals surface area contributed by atoms with Crippen molar-refractivity contribution >= 4 is 27.8 Å². The molecule has 0 radical (unpaired) electrons. The van der Waals surface area contributed by atoms with Crippen molar-refractivity contribution in [2.75, 3.05) is 7.11 Å². The van der Waals surface area contributed by atoms with Crippen molar-refractivity contribution in [3.05, 3.63) is 71.6 Å². The largest absolute Gasteiger partial charge is 0.496 e. The highest BCUT2D eigenvalue weighted by Crippen LogP contribution is 2.29. The molecule has 0 bridgehead atoms. The summed E-state index contributed by atoms with van der Waals surface area (Å²) < 4.78 is 11.2. The molecule has 2 aromatic heterocycles. The standard InChI is InChI=1S/C21H18N2O3/c1-13-16-11-19(26-20(16)15-8-4-5-9-17(15)23-13)21(24)22-12-14-7-3-6-10-18(14)25-2/h3-11H,12H2,1-2H3,(H,22,24). The van der Waals surface area contributed by atoms with Crippen molar-refractivity contribution in [2.45, 2.75) is 13.5 Å². The van der Waals surface area contributed by atoms with Crippen LogP contribution in [0.5, 0.6) is 5.75 Å². The Kier molecular flexibility index (Phi) is 4.05. The van der Waals surface area contributed by atoms with E-state index in [1.165, 1.54) is 0 Å². The normalized spacial score (nSPS) is 11.0. The first-order valence-corrected chi connectivity index (χ1v) is 8.36. The zero-order valence-corrected chi connectivity index (χ0v) is 14.6. The van der Waals surface area contributed by atoms with Crippen LogP contribution in [0.25, 0.3) is 21.9 Å². The molecule has 2 heterocycles. The van der Waals surface area contributed by atoms with Crippen LogP contribution in [0.1, 0.15) is 21.8 Å². The van der Waals surface area contributed by atoms with E-state index >= 15 is 0 Å². The molecule has 0 saturated heterocycles. The number of furan rings is 1. The minimum atomic E-state index is -0.268. The number of hydrogen-bond donors (Lipinski definition) is 1. The Morgan fingerprint density at radius 1 is 1.12 bits per heavy atom. The van der Waals surface area contributed by atoms with E-state index in [-0.39, 0.29) is 11.7 Å². The highest BCUT2D eigenvalue weighted by Gasteiger charge is 2.16. The Hall–Kier alpha value is -3.34. The number of aromatic nitrogens is 1. The van der Waals surface area contributed by atoms with Gasteiger partial charge in [0.15, 0.2) is 5.76 Å². The van der Waals surface area contributed by atoms with Crippen LogP contribution in [0, 0.1) is 6.92 Å². The molecule has 0 aliphatic rings. The zero-order valence-electron chi connectivity index (χ0n) is 14.6. The van der Waals surface area contributed by atoms with Gasteiger partial charge in [0.25, 0.3) is 5.91 Å². The topological polar surface area (TPSA) is 64.4 Å². The molecule has 5 nitrogen and oxygen atoms in total. The number of hydrogen-bond acceptors (Lipinski definition) is 4. The van der Waals surface area contributed by atoms with Gasteiger partial charge in [0.2, 0.25) is 0 Å². The number of para-hydroxylation sites is 2. The van der Waals surface area contributed by atoms with E-state index in [0.717, 1.165) is 33.3 Å².